The predicted molar refractivity (Wildman–Crippen MR) is 106 cm³/mol. The van der Waals surface area contributed by atoms with Crippen molar-refractivity contribution in [3.05, 3.63) is 64.7 Å². The van der Waals surface area contributed by atoms with E-state index >= 15 is 0 Å². The number of carbonyl (C=O) groups is 2. The van der Waals surface area contributed by atoms with Gasteiger partial charge in [-0.15, -0.1) is 0 Å². The molecule has 1 fully saturated rings. The van der Waals surface area contributed by atoms with Gasteiger partial charge in [0, 0.05) is 31.7 Å². The average molecular weight is 363 g/mol. The van der Waals surface area contributed by atoms with Gasteiger partial charge in [0.15, 0.2) is 0 Å². The maximum Gasteiger partial charge on any atom is 0.318 e. The van der Waals surface area contributed by atoms with Crippen molar-refractivity contribution in [3.63, 3.8) is 0 Å². The molecule has 5 heteroatoms. The van der Waals surface area contributed by atoms with Crippen LogP contribution in [0.15, 0.2) is 42.5 Å². The van der Waals surface area contributed by atoms with E-state index in [2.05, 4.69) is 24.4 Å². The maximum absolute atomic E-state index is 12.7. The largest absolute Gasteiger partial charge is 0.333 e. The zero-order valence-corrected chi connectivity index (χ0v) is 15.9. The van der Waals surface area contributed by atoms with Crippen LogP contribution in [-0.4, -0.2) is 36.0 Å². The molecular formula is C22H25N3O2. The fourth-order valence-electron chi connectivity index (χ4n) is 3.88. The molecule has 1 N–H and O–H groups in total. The Morgan fingerprint density at radius 3 is 2.63 bits per heavy atom. The molecule has 140 valence electrons. The van der Waals surface area contributed by atoms with Crippen LogP contribution >= 0.6 is 0 Å². The zero-order valence-electron chi connectivity index (χ0n) is 15.9. The Morgan fingerprint density at radius 1 is 1.07 bits per heavy atom. The summed E-state index contributed by atoms with van der Waals surface area (Å²) in [4.78, 5) is 28.8. The first-order valence-corrected chi connectivity index (χ1v) is 9.51. The van der Waals surface area contributed by atoms with E-state index in [1.807, 2.05) is 42.2 Å². The lowest BCUT2D eigenvalue weighted by Gasteiger charge is -2.30. The second kappa shape index (κ2) is 7.06. The van der Waals surface area contributed by atoms with Gasteiger partial charge in [0.2, 0.25) is 5.91 Å². The van der Waals surface area contributed by atoms with E-state index in [-0.39, 0.29) is 18.0 Å². The topological polar surface area (TPSA) is 52.7 Å². The molecule has 2 aliphatic heterocycles. The Balaban J connectivity index is 1.40. The quantitative estimate of drug-likeness (QED) is 0.891. The van der Waals surface area contributed by atoms with Crippen LogP contribution < -0.4 is 10.2 Å². The molecule has 0 aliphatic carbocycles. The highest BCUT2D eigenvalue weighted by Crippen LogP contribution is 2.24. The van der Waals surface area contributed by atoms with Gasteiger partial charge in [-0.05, 0) is 54.7 Å². The van der Waals surface area contributed by atoms with Crippen molar-refractivity contribution in [1.82, 2.24) is 10.2 Å². The van der Waals surface area contributed by atoms with Gasteiger partial charge in [0.1, 0.15) is 0 Å². The molecule has 2 aromatic carbocycles. The number of nitrogens with zero attached hydrogens (tertiary/aromatic N) is 2. The van der Waals surface area contributed by atoms with E-state index in [9.17, 15) is 9.59 Å². The number of carbonyl (C=O) groups excluding carboxylic acids is 2. The van der Waals surface area contributed by atoms with Crippen LogP contribution in [0, 0.1) is 13.8 Å². The summed E-state index contributed by atoms with van der Waals surface area (Å²) in [5.74, 6) is 0.0625. The van der Waals surface area contributed by atoms with E-state index in [0.29, 0.717) is 26.1 Å². The fourth-order valence-corrected chi connectivity index (χ4v) is 3.88. The molecule has 4 rings (SSSR count). The van der Waals surface area contributed by atoms with Crippen LogP contribution in [0.1, 0.15) is 28.7 Å². The van der Waals surface area contributed by atoms with Crippen molar-refractivity contribution in [2.75, 3.05) is 18.0 Å². The summed E-state index contributed by atoms with van der Waals surface area (Å²) in [6.45, 7) is 5.98. The van der Waals surface area contributed by atoms with Gasteiger partial charge in [0.25, 0.3) is 0 Å². The number of anilines is 1. The van der Waals surface area contributed by atoms with Crippen molar-refractivity contribution in [3.8, 4) is 0 Å². The van der Waals surface area contributed by atoms with Crippen molar-refractivity contribution >= 4 is 17.6 Å². The molecule has 3 amide bonds. The smallest absolute Gasteiger partial charge is 0.318 e. The highest BCUT2D eigenvalue weighted by molar-refractivity contribution is 5.97. The minimum Gasteiger partial charge on any atom is -0.333 e. The summed E-state index contributed by atoms with van der Waals surface area (Å²) in [6, 6.07) is 14.1. The Labute approximate surface area is 160 Å². The minimum absolute atomic E-state index is 0.0625. The third-order valence-electron chi connectivity index (χ3n) is 5.67. The molecule has 2 aliphatic rings. The number of rotatable bonds is 2. The van der Waals surface area contributed by atoms with Gasteiger partial charge >= 0.3 is 6.03 Å². The van der Waals surface area contributed by atoms with Gasteiger partial charge in [-0.25, -0.2) is 4.79 Å². The van der Waals surface area contributed by atoms with Gasteiger partial charge in [-0.2, -0.15) is 0 Å². The molecule has 2 aromatic rings. The summed E-state index contributed by atoms with van der Waals surface area (Å²) in [7, 11) is 0. The van der Waals surface area contributed by atoms with E-state index in [1.165, 1.54) is 22.3 Å². The highest BCUT2D eigenvalue weighted by atomic mass is 16.2. The minimum atomic E-state index is -0.149. The van der Waals surface area contributed by atoms with Crippen LogP contribution in [-0.2, 0) is 17.8 Å². The number of urea groups is 1. The third-order valence-corrected chi connectivity index (χ3v) is 5.67. The lowest BCUT2D eigenvalue weighted by molar-refractivity contribution is -0.117. The van der Waals surface area contributed by atoms with Crippen LogP contribution in [0.25, 0.3) is 0 Å². The monoisotopic (exact) mass is 363 g/mol. The molecule has 27 heavy (non-hydrogen) atoms. The van der Waals surface area contributed by atoms with Gasteiger partial charge in [-0.1, -0.05) is 30.3 Å². The van der Waals surface area contributed by atoms with Crippen molar-refractivity contribution in [2.24, 2.45) is 0 Å². The summed E-state index contributed by atoms with van der Waals surface area (Å²) in [6.07, 6.45) is 1.23. The average Bonchev–Trinajstić information content (AvgIpc) is 3.03. The molecule has 5 nitrogen and oxygen atoms in total. The first-order chi connectivity index (χ1) is 13.0. The maximum atomic E-state index is 12.7. The number of nitrogens with one attached hydrogen (secondary N) is 1. The molecule has 2 heterocycles. The molecule has 0 spiro atoms. The van der Waals surface area contributed by atoms with Gasteiger partial charge < -0.3 is 15.1 Å². The Morgan fingerprint density at radius 2 is 1.85 bits per heavy atom. The lowest BCUT2D eigenvalue weighted by atomic mass is 10.0. The summed E-state index contributed by atoms with van der Waals surface area (Å²) in [5, 5.41) is 3.06. The van der Waals surface area contributed by atoms with E-state index in [0.717, 1.165) is 12.1 Å². The van der Waals surface area contributed by atoms with E-state index in [1.54, 1.807) is 4.90 Å². The van der Waals surface area contributed by atoms with Crippen molar-refractivity contribution in [2.45, 2.75) is 39.3 Å². The summed E-state index contributed by atoms with van der Waals surface area (Å²) in [5.41, 5.74) is 5.81. The zero-order chi connectivity index (χ0) is 19.0. The summed E-state index contributed by atoms with van der Waals surface area (Å²) < 4.78 is 0. The predicted octanol–water partition coefficient (Wildman–Crippen LogP) is 3.18. The van der Waals surface area contributed by atoms with Crippen LogP contribution in [0.5, 0.6) is 0 Å². The fraction of sp³-hybridized carbons (Fsp3) is 0.364. The number of benzene rings is 2. The molecule has 0 unspecified atom stereocenters. The Hall–Kier alpha value is -2.82. The van der Waals surface area contributed by atoms with Gasteiger partial charge in [-0.3, -0.25) is 4.79 Å². The molecule has 0 radical (unpaired) electrons. The molecular weight excluding hydrogens is 338 g/mol. The number of amides is 3. The highest BCUT2D eigenvalue weighted by Gasteiger charge is 2.33. The first-order valence-electron chi connectivity index (χ1n) is 9.51. The third kappa shape index (κ3) is 3.54. The summed E-state index contributed by atoms with van der Waals surface area (Å²) >= 11 is 0. The van der Waals surface area contributed by atoms with Crippen molar-refractivity contribution in [1.29, 1.82) is 0 Å². The number of hydrogen-bond acceptors (Lipinski definition) is 2. The van der Waals surface area contributed by atoms with E-state index < -0.39 is 0 Å². The lowest BCUT2D eigenvalue weighted by Crippen LogP contribution is -2.47. The number of fused-ring (bicyclic) bond motifs is 1. The number of aryl methyl sites for hydroxylation is 2. The number of hydrogen-bond donors (Lipinski definition) is 1. The molecule has 1 atom stereocenters. The molecule has 0 aromatic heterocycles. The SMILES string of the molecule is Cc1ccc(N2C[C@@H](NC(=O)N3CCc4ccccc4C3)CC2=O)cc1C. The molecule has 1 saturated heterocycles. The Kier molecular flexibility index (Phi) is 4.60. The van der Waals surface area contributed by atoms with Crippen molar-refractivity contribution < 1.29 is 9.59 Å². The van der Waals surface area contributed by atoms with Gasteiger partial charge in [0.05, 0.1) is 6.04 Å². The standard InChI is InChI=1S/C22H25N3O2/c1-15-7-8-20(11-16(15)2)25-14-19(12-21(25)26)23-22(27)24-10-9-17-5-3-4-6-18(17)13-24/h3-8,11,19H,9-10,12-14H2,1-2H3,(H,23,27)/t19-/m0/s1. The van der Waals surface area contributed by atoms with Crippen LogP contribution in [0.3, 0.4) is 0 Å². The van der Waals surface area contributed by atoms with Crippen LogP contribution in [0.4, 0.5) is 10.5 Å². The second-order valence-electron chi connectivity index (χ2n) is 7.56. The van der Waals surface area contributed by atoms with Crippen LogP contribution in [0.2, 0.25) is 0 Å². The Bertz CT molecular complexity index is 893. The van der Waals surface area contributed by atoms with E-state index in [4.69, 9.17) is 0 Å². The molecule has 0 bridgehead atoms. The molecule has 0 saturated carbocycles. The first kappa shape index (κ1) is 17.6. The normalized spacial score (nSPS) is 19.2. The second-order valence-corrected chi connectivity index (χ2v) is 7.56.